The van der Waals surface area contributed by atoms with Crippen molar-refractivity contribution in [1.82, 2.24) is 10.2 Å². The average Bonchev–Trinajstić information content (AvgIpc) is 2.49. The highest BCUT2D eigenvalue weighted by Gasteiger charge is 2.15. The summed E-state index contributed by atoms with van der Waals surface area (Å²) in [5, 5.41) is 2.87. The lowest BCUT2D eigenvalue weighted by atomic mass is 10.2. The van der Waals surface area contributed by atoms with E-state index in [1.54, 1.807) is 0 Å². The molecule has 0 radical (unpaired) electrons. The third kappa shape index (κ3) is 3.20. The molecule has 0 spiro atoms. The number of hydrogen-bond donors (Lipinski definition) is 2. The molecule has 0 aromatic heterocycles. The van der Waals surface area contributed by atoms with Gasteiger partial charge >= 0.3 is 0 Å². The van der Waals surface area contributed by atoms with Crippen molar-refractivity contribution in [3.63, 3.8) is 0 Å². The van der Waals surface area contributed by atoms with Crippen molar-refractivity contribution in [2.45, 2.75) is 13.0 Å². The number of amides is 1. The van der Waals surface area contributed by atoms with Crippen molar-refractivity contribution in [3.8, 4) is 0 Å². The number of nitrogens with zero attached hydrogens (tertiary/aromatic N) is 1. The molecule has 0 atom stereocenters. The lowest BCUT2D eigenvalue weighted by molar-refractivity contribution is -0.121. The minimum atomic E-state index is 0.0996. The molecule has 1 saturated heterocycles. The zero-order valence-electron chi connectivity index (χ0n) is 9.58. The van der Waals surface area contributed by atoms with Crippen molar-refractivity contribution in [2.24, 2.45) is 0 Å². The number of nitrogens with two attached hydrogens (primary N) is 1. The average molecular weight is 298 g/mol. The van der Waals surface area contributed by atoms with Crippen LogP contribution in [0.4, 0.5) is 5.69 Å². The summed E-state index contributed by atoms with van der Waals surface area (Å²) in [5.74, 6) is 0.0996. The van der Waals surface area contributed by atoms with Gasteiger partial charge in [-0.25, -0.2) is 0 Å². The van der Waals surface area contributed by atoms with Gasteiger partial charge in [-0.15, -0.1) is 0 Å². The van der Waals surface area contributed by atoms with Crippen LogP contribution < -0.4 is 11.1 Å². The molecule has 0 bridgehead atoms. The molecular formula is C12H16BrN3O. The van der Waals surface area contributed by atoms with Crippen LogP contribution in [-0.4, -0.2) is 30.4 Å². The molecule has 1 amide bonds. The Morgan fingerprint density at radius 3 is 3.12 bits per heavy atom. The zero-order chi connectivity index (χ0) is 12.3. The molecule has 17 heavy (non-hydrogen) atoms. The van der Waals surface area contributed by atoms with Crippen LogP contribution in [0.2, 0.25) is 0 Å². The summed E-state index contributed by atoms with van der Waals surface area (Å²) in [6.45, 7) is 2.91. The molecule has 1 aliphatic rings. The van der Waals surface area contributed by atoms with Gasteiger partial charge < -0.3 is 11.1 Å². The van der Waals surface area contributed by atoms with E-state index in [1.165, 1.54) is 0 Å². The maximum Gasteiger partial charge on any atom is 0.234 e. The van der Waals surface area contributed by atoms with Crippen LogP contribution in [0.5, 0.6) is 0 Å². The number of benzene rings is 1. The number of carbonyl (C=O) groups excluding carboxylic acids is 1. The molecule has 0 unspecified atom stereocenters. The maximum atomic E-state index is 11.4. The first-order valence-electron chi connectivity index (χ1n) is 5.69. The molecule has 3 N–H and O–H groups in total. The standard InChI is InChI=1S/C12H16BrN3O/c13-12-9(3-1-4-10(12)14)7-16-6-2-5-15-11(17)8-16/h1,3-4H,2,5-8,14H2,(H,15,17). The Morgan fingerprint density at radius 2 is 2.29 bits per heavy atom. The summed E-state index contributed by atoms with van der Waals surface area (Å²) in [6.07, 6.45) is 0.992. The highest BCUT2D eigenvalue weighted by molar-refractivity contribution is 9.10. The van der Waals surface area contributed by atoms with Crippen LogP contribution in [0, 0.1) is 0 Å². The van der Waals surface area contributed by atoms with Gasteiger partial charge in [0.05, 0.1) is 6.54 Å². The zero-order valence-corrected chi connectivity index (χ0v) is 11.2. The van der Waals surface area contributed by atoms with E-state index in [-0.39, 0.29) is 5.91 Å². The molecule has 0 saturated carbocycles. The number of anilines is 1. The van der Waals surface area contributed by atoms with Crippen molar-refractivity contribution in [2.75, 3.05) is 25.4 Å². The summed E-state index contributed by atoms with van der Waals surface area (Å²) in [4.78, 5) is 13.6. The van der Waals surface area contributed by atoms with Gasteiger partial charge in [-0.3, -0.25) is 9.69 Å². The summed E-state index contributed by atoms with van der Waals surface area (Å²) >= 11 is 3.49. The number of nitrogens with one attached hydrogen (secondary N) is 1. The van der Waals surface area contributed by atoms with Crippen molar-refractivity contribution in [3.05, 3.63) is 28.2 Å². The monoisotopic (exact) mass is 297 g/mol. The van der Waals surface area contributed by atoms with Crippen LogP contribution in [0.1, 0.15) is 12.0 Å². The lowest BCUT2D eigenvalue weighted by Crippen LogP contribution is -2.32. The van der Waals surface area contributed by atoms with Crippen LogP contribution in [0.3, 0.4) is 0 Å². The highest BCUT2D eigenvalue weighted by atomic mass is 79.9. The molecule has 4 nitrogen and oxygen atoms in total. The predicted octanol–water partition coefficient (Wildman–Crippen LogP) is 1.35. The van der Waals surface area contributed by atoms with Crippen LogP contribution in [0.15, 0.2) is 22.7 Å². The fraction of sp³-hybridized carbons (Fsp3) is 0.417. The molecule has 1 aromatic carbocycles. The van der Waals surface area contributed by atoms with E-state index in [0.29, 0.717) is 6.54 Å². The second-order valence-electron chi connectivity index (χ2n) is 4.23. The van der Waals surface area contributed by atoms with Crippen molar-refractivity contribution < 1.29 is 4.79 Å². The molecular weight excluding hydrogens is 282 g/mol. The van der Waals surface area contributed by atoms with E-state index in [0.717, 1.165) is 41.8 Å². The Kier molecular flexibility index (Phi) is 4.02. The topological polar surface area (TPSA) is 58.4 Å². The predicted molar refractivity (Wildman–Crippen MR) is 71.5 cm³/mol. The van der Waals surface area contributed by atoms with E-state index in [1.807, 2.05) is 18.2 Å². The van der Waals surface area contributed by atoms with Crippen LogP contribution >= 0.6 is 15.9 Å². The normalized spacial score (nSPS) is 17.6. The summed E-state index contributed by atoms with van der Waals surface area (Å²) in [5.41, 5.74) is 7.70. The quantitative estimate of drug-likeness (QED) is 0.810. The van der Waals surface area contributed by atoms with E-state index in [4.69, 9.17) is 5.73 Å². The SMILES string of the molecule is Nc1cccc(CN2CCCNC(=O)C2)c1Br. The second kappa shape index (κ2) is 5.51. The number of rotatable bonds is 2. The second-order valence-corrected chi connectivity index (χ2v) is 5.03. The highest BCUT2D eigenvalue weighted by Crippen LogP contribution is 2.25. The van der Waals surface area contributed by atoms with Gasteiger partial charge in [0.2, 0.25) is 5.91 Å². The smallest absolute Gasteiger partial charge is 0.234 e. The number of halogens is 1. The third-order valence-electron chi connectivity index (χ3n) is 2.84. The Labute approximate surface area is 109 Å². The fourth-order valence-corrected chi connectivity index (χ4v) is 2.36. The van der Waals surface area contributed by atoms with Crippen molar-refractivity contribution >= 4 is 27.5 Å². The van der Waals surface area contributed by atoms with E-state index < -0.39 is 0 Å². The van der Waals surface area contributed by atoms with Crippen LogP contribution in [0.25, 0.3) is 0 Å². The van der Waals surface area contributed by atoms with Gasteiger partial charge in [-0.1, -0.05) is 12.1 Å². The first kappa shape index (κ1) is 12.4. The van der Waals surface area contributed by atoms with Gasteiger partial charge in [-0.05, 0) is 34.0 Å². The molecule has 1 heterocycles. The summed E-state index contributed by atoms with van der Waals surface area (Å²) in [7, 11) is 0. The molecule has 1 aliphatic heterocycles. The molecule has 1 fully saturated rings. The molecule has 1 aromatic rings. The van der Waals surface area contributed by atoms with Gasteiger partial charge in [0, 0.05) is 29.8 Å². The Hall–Kier alpha value is -1.07. The summed E-state index contributed by atoms with van der Waals surface area (Å²) in [6, 6.07) is 5.83. The fourth-order valence-electron chi connectivity index (χ4n) is 1.97. The molecule has 0 aliphatic carbocycles. The Balaban J connectivity index is 2.09. The first-order chi connectivity index (χ1) is 8.16. The van der Waals surface area contributed by atoms with Gasteiger partial charge in [0.1, 0.15) is 0 Å². The number of carbonyl (C=O) groups is 1. The third-order valence-corrected chi connectivity index (χ3v) is 3.81. The van der Waals surface area contributed by atoms with E-state index >= 15 is 0 Å². The molecule has 5 heteroatoms. The first-order valence-corrected chi connectivity index (χ1v) is 6.48. The van der Waals surface area contributed by atoms with E-state index in [9.17, 15) is 4.79 Å². The van der Waals surface area contributed by atoms with Crippen molar-refractivity contribution in [1.29, 1.82) is 0 Å². The number of hydrogen-bond acceptors (Lipinski definition) is 3. The molecule has 2 rings (SSSR count). The lowest BCUT2D eigenvalue weighted by Gasteiger charge is -2.19. The number of nitrogen functional groups attached to an aromatic ring is 1. The minimum Gasteiger partial charge on any atom is -0.398 e. The van der Waals surface area contributed by atoms with Gasteiger partial charge in [0.25, 0.3) is 0 Å². The molecule has 92 valence electrons. The largest absolute Gasteiger partial charge is 0.398 e. The van der Waals surface area contributed by atoms with E-state index in [2.05, 4.69) is 26.1 Å². The maximum absolute atomic E-state index is 11.4. The Bertz CT molecular complexity index is 422. The minimum absolute atomic E-state index is 0.0996. The van der Waals surface area contributed by atoms with Crippen LogP contribution in [-0.2, 0) is 11.3 Å². The van der Waals surface area contributed by atoms with Gasteiger partial charge in [-0.2, -0.15) is 0 Å². The summed E-state index contributed by atoms with van der Waals surface area (Å²) < 4.78 is 0.935. The Morgan fingerprint density at radius 1 is 1.47 bits per heavy atom. The van der Waals surface area contributed by atoms with Gasteiger partial charge in [0.15, 0.2) is 0 Å².